The fourth-order valence-electron chi connectivity index (χ4n) is 2.45. The minimum atomic E-state index is -0.168. The summed E-state index contributed by atoms with van der Waals surface area (Å²) in [4.78, 5) is 16.3. The Morgan fingerprint density at radius 2 is 2.22 bits per heavy atom. The smallest absolute Gasteiger partial charge is 0.291 e. The number of aromatic amines is 1. The molecule has 1 fully saturated rings. The molecule has 0 bridgehead atoms. The zero-order chi connectivity index (χ0) is 13.3. The minimum absolute atomic E-state index is 0.168. The number of H-pyrrole nitrogens is 1. The van der Waals surface area contributed by atoms with Crippen LogP contribution in [0.4, 0.5) is 0 Å². The van der Waals surface area contributed by atoms with Gasteiger partial charge < -0.3 is 5.32 Å². The average Bonchev–Trinajstić information content (AvgIpc) is 2.86. The van der Waals surface area contributed by atoms with E-state index in [1.54, 1.807) is 0 Å². The van der Waals surface area contributed by atoms with Gasteiger partial charge in [0.1, 0.15) is 5.82 Å². The molecule has 100 valence electrons. The molecule has 1 saturated carbocycles. The van der Waals surface area contributed by atoms with E-state index in [0.29, 0.717) is 0 Å². The Kier molecular flexibility index (Phi) is 3.41. The first-order valence-corrected chi connectivity index (χ1v) is 6.63. The van der Waals surface area contributed by atoms with Crippen molar-refractivity contribution in [2.75, 3.05) is 0 Å². The largest absolute Gasteiger partial charge is 0.346 e. The predicted molar refractivity (Wildman–Crippen MR) is 69.4 cm³/mol. The van der Waals surface area contributed by atoms with Crippen molar-refractivity contribution in [1.29, 1.82) is 0 Å². The van der Waals surface area contributed by atoms with Crippen molar-refractivity contribution in [3.8, 4) is 0 Å². The second kappa shape index (κ2) is 4.71. The third-order valence-corrected chi connectivity index (χ3v) is 3.82. The quantitative estimate of drug-likeness (QED) is 0.864. The molecule has 1 heterocycles. The van der Waals surface area contributed by atoms with Gasteiger partial charge in [-0.1, -0.05) is 34.1 Å². The summed E-state index contributed by atoms with van der Waals surface area (Å²) >= 11 is 0. The van der Waals surface area contributed by atoms with Gasteiger partial charge in [0.15, 0.2) is 0 Å². The molecule has 5 heteroatoms. The highest BCUT2D eigenvalue weighted by molar-refractivity contribution is 5.90. The normalized spacial score (nSPS) is 22.4. The number of hydrogen-bond acceptors (Lipinski definition) is 3. The molecule has 0 spiro atoms. The number of carbonyl (C=O) groups excluding carboxylic acids is 1. The highest BCUT2D eigenvalue weighted by atomic mass is 16.2. The van der Waals surface area contributed by atoms with Crippen molar-refractivity contribution in [3.05, 3.63) is 11.6 Å². The molecule has 2 rings (SSSR count). The molecule has 0 aromatic carbocycles. The van der Waals surface area contributed by atoms with Crippen molar-refractivity contribution in [3.63, 3.8) is 0 Å². The van der Waals surface area contributed by atoms with E-state index in [9.17, 15) is 4.79 Å². The zero-order valence-electron chi connectivity index (χ0n) is 11.6. The second-order valence-corrected chi connectivity index (χ2v) is 6.11. The average molecular weight is 250 g/mol. The van der Waals surface area contributed by atoms with Crippen molar-refractivity contribution < 1.29 is 4.79 Å². The van der Waals surface area contributed by atoms with Crippen LogP contribution in [0, 0.1) is 5.41 Å². The molecule has 0 aliphatic heterocycles. The number of amides is 1. The molecular weight excluding hydrogens is 228 g/mol. The maximum absolute atomic E-state index is 12.1. The summed E-state index contributed by atoms with van der Waals surface area (Å²) in [5.41, 5.74) is 0.173. The Morgan fingerprint density at radius 3 is 2.72 bits per heavy atom. The van der Waals surface area contributed by atoms with E-state index in [1.165, 1.54) is 6.42 Å². The molecule has 5 nitrogen and oxygen atoms in total. The summed E-state index contributed by atoms with van der Waals surface area (Å²) < 4.78 is 0. The fraction of sp³-hybridized carbons (Fsp3) is 0.769. The summed E-state index contributed by atoms with van der Waals surface area (Å²) in [5, 5.41) is 9.84. The Morgan fingerprint density at radius 1 is 1.50 bits per heavy atom. The van der Waals surface area contributed by atoms with Gasteiger partial charge in [-0.2, -0.15) is 0 Å². The van der Waals surface area contributed by atoms with Crippen LogP contribution < -0.4 is 5.32 Å². The van der Waals surface area contributed by atoms with Gasteiger partial charge in [-0.15, -0.1) is 5.10 Å². The van der Waals surface area contributed by atoms with Crippen LogP contribution >= 0.6 is 0 Å². The molecule has 0 radical (unpaired) electrons. The van der Waals surface area contributed by atoms with E-state index in [1.807, 2.05) is 13.8 Å². The van der Waals surface area contributed by atoms with E-state index in [0.717, 1.165) is 18.7 Å². The molecule has 1 unspecified atom stereocenters. The highest BCUT2D eigenvalue weighted by Crippen LogP contribution is 2.37. The lowest BCUT2D eigenvalue weighted by Crippen LogP contribution is -2.41. The number of hydrogen-bond donors (Lipinski definition) is 2. The summed E-state index contributed by atoms with van der Waals surface area (Å²) in [6.45, 7) is 8.43. The minimum Gasteiger partial charge on any atom is -0.346 e. The van der Waals surface area contributed by atoms with E-state index >= 15 is 0 Å². The number of rotatable bonds is 3. The first kappa shape index (κ1) is 13.1. The molecule has 2 N–H and O–H groups in total. The third kappa shape index (κ3) is 2.54. The molecule has 0 saturated heterocycles. The Balaban J connectivity index is 2.03. The summed E-state index contributed by atoms with van der Waals surface area (Å²) in [5.74, 6) is 1.09. The van der Waals surface area contributed by atoms with Gasteiger partial charge in [0.05, 0.1) is 0 Å². The molecule has 1 aliphatic carbocycles. The first-order valence-electron chi connectivity index (χ1n) is 6.63. The molecule has 1 aliphatic rings. The van der Waals surface area contributed by atoms with E-state index in [-0.39, 0.29) is 29.1 Å². The van der Waals surface area contributed by atoms with Crippen LogP contribution in [0.2, 0.25) is 0 Å². The van der Waals surface area contributed by atoms with Gasteiger partial charge in [-0.25, -0.2) is 4.98 Å². The van der Waals surface area contributed by atoms with Crippen LogP contribution in [0.5, 0.6) is 0 Å². The second-order valence-electron chi connectivity index (χ2n) is 6.11. The van der Waals surface area contributed by atoms with Gasteiger partial charge in [0, 0.05) is 12.0 Å². The van der Waals surface area contributed by atoms with Gasteiger partial charge in [-0.05, 0) is 18.3 Å². The SMILES string of the molecule is CC(C)c1nc(C(=O)NC2CCCC2(C)C)n[nH]1. The lowest BCUT2D eigenvalue weighted by atomic mass is 9.87. The van der Waals surface area contributed by atoms with E-state index in [2.05, 4.69) is 34.3 Å². The Hall–Kier alpha value is -1.39. The molecule has 1 amide bonds. The number of nitrogens with zero attached hydrogens (tertiary/aromatic N) is 2. The molecule has 1 aromatic rings. The monoisotopic (exact) mass is 250 g/mol. The highest BCUT2D eigenvalue weighted by Gasteiger charge is 2.36. The third-order valence-electron chi connectivity index (χ3n) is 3.82. The lowest BCUT2D eigenvalue weighted by Gasteiger charge is -2.27. The number of carbonyl (C=O) groups is 1. The summed E-state index contributed by atoms with van der Waals surface area (Å²) in [7, 11) is 0. The first-order chi connectivity index (χ1) is 8.40. The maximum Gasteiger partial charge on any atom is 0.291 e. The van der Waals surface area contributed by atoms with Gasteiger partial charge >= 0.3 is 0 Å². The van der Waals surface area contributed by atoms with Crippen LogP contribution in [-0.4, -0.2) is 27.1 Å². The van der Waals surface area contributed by atoms with Crippen LogP contribution in [0.25, 0.3) is 0 Å². The number of nitrogens with one attached hydrogen (secondary N) is 2. The van der Waals surface area contributed by atoms with Crippen LogP contribution in [0.1, 0.15) is 69.3 Å². The van der Waals surface area contributed by atoms with Crippen molar-refractivity contribution in [1.82, 2.24) is 20.5 Å². The maximum atomic E-state index is 12.1. The summed E-state index contributed by atoms with van der Waals surface area (Å²) in [6.07, 6.45) is 3.37. The van der Waals surface area contributed by atoms with Crippen LogP contribution in [-0.2, 0) is 0 Å². The van der Waals surface area contributed by atoms with E-state index in [4.69, 9.17) is 0 Å². The van der Waals surface area contributed by atoms with Crippen molar-refractivity contribution in [2.45, 2.75) is 58.9 Å². The van der Waals surface area contributed by atoms with Gasteiger partial charge in [0.25, 0.3) is 5.91 Å². The van der Waals surface area contributed by atoms with Gasteiger partial charge in [-0.3, -0.25) is 9.89 Å². The van der Waals surface area contributed by atoms with Crippen molar-refractivity contribution >= 4 is 5.91 Å². The summed E-state index contributed by atoms with van der Waals surface area (Å²) in [6, 6.07) is 0.228. The molecule has 18 heavy (non-hydrogen) atoms. The molecular formula is C13H22N4O. The van der Waals surface area contributed by atoms with Crippen molar-refractivity contribution in [2.24, 2.45) is 5.41 Å². The molecule has 1 atom stereocenters. The number of aromatic nitrogens is 3. The standard InChI is InChI=1S/C13H22N4O/c1-8(2)10-15-11(17-16-10)12(18)14-9-6-5-7-13(9,3)4/h8-9H,5-7H2,1-4H3,(H,14,18)(H,15,16,17). The zero-order valence-corrected chi connectivity index (χ0v) is 11.6. The Bertz CT molecular complexity index is 436. The van der Waals surface area contributed by atoms with Crippen LogP contribution in [0.15, 0.2) is 0 Å². The Labute approximate surface area is 108 Å². The fourth-order valence-corrected chi connectivity index (χ4v) is 2.45. The van der Waals surface area contributed by atoms with E-state index < -0.39 is 0 Å². The topological polar surface area (TPSA) is 70.7 Å². The van der Waals surface area contributed by atoms with Gasteiger partial charge in [0.2, 0.25) is 5.82 Å². The molecule has 1 aromatic heterocycles. The lowest BCUT2D eigenvalue weighted by molar-refractivity contribution is 0.0899. The van der Waals surface area contributed by atoms with Crippen LogP contribution in [0.3, 0.4) is 0 Å². The predicted octanol–water partition coefficient (Wildman–Crippen LogP) is 2.24.